The monoisotopic (exact) mass is 419 g/mol. The summed E-state index contributed by atoms with van der Waals surface area (Å²) in [7, 11) is 0. The fraction of sp³-hybridized carbons (Fsp3) is 0.500. The molecule has 0 fully saturated rings. The molecule has 0 saturated carbocycles. The number of hydrogen-bond acceptors (Lipinski definition) is 2. The Hall–Kier alpha value is -1.55. The lowest BCUT2D eigenvalue weighted by molar-refractivity contribution is 0.0492. The molecule has 0 atom stereocenters. The van der Waals surface area contributed by atoms with Crippen molar-refractivity contribution < 1.29 is 9.53 Å². The number of halogens is 1. The summed E-state index contributed by atoms with van der Waals surface area (Å²) in [6, 6.07) is 0. The number of nitrogens with one attached hydrogen (secondary N) is 1. The van der Waals surface area contributed by atoms with E-state index >= 15 is 0 Å². The average molecular weight is 420 g/mol. The van der Waals surface area contributed by atoms with E-state index in [0.29, 0.717) is 12.3 Å². The van der Waals surface area contributed by atoms with Gasteiger partial charge in [-0.05, 0) is 72.6 Å². The van der Waals surface area contributed by atoms with Crippen molar-refractivity contribution in [1.29, 1.82) is 0 Å². The van der Waals surface area contributed by atoms with E-state index < -0.39 is 0 Å². The van der Waals surface area contributed by atoms with E-state index in [1.165, 1.54) is 27.9 Å². The van der Waals surface area contributed by atoms with Gasteiger partial charge < -0.3 is 9.72 Å². The average Bonchev–Trinajstić information content (AvgIpc) is 3.11. The van der Waals surface area contributed by atoms with Gasteiger partial charge in [-0.15, -0.1) is 0 Å². The summed E-state index contributed by atoms with van der Waals surface area (Å²) in [6.45, 7) is 11.1. The van der Waals surface area contributed by atoms with Crippen LogP contribution >= 0.6 is 15.9 Å². The molecule has 0 unspecified atom stereocenters. The lowest BCUT2D eigenvalue weighted by Gasteiger charge is -2.04. The van der Waals surface area contributed by atoms with Gasteiger partial charge in [0, 0.05) is 11.0 Å². The van der Waals surface area contributed by atoms with Gasteiger partial charge in [0.2, 0.25) is 0 Å². The standard InChI is InChI=1S/C22H30BrNO2/c1-6-9-10-26-22(25)21-15(5)19(8-3)20(24-21)12-16-11-17(13-23)18(7-2)14(16)4/h11-12,24H,6-10,13H2,1-5H3. The predicted octanol–water partition coefficient (Wildman–Crippen LogP) is 6.29. The fourth-order valence-electron chi connectivity index (χ4n) is 3.54. The van der Waals surface area contributed by atoms with Gasteiger partial charge >= 0.3 is 5.97 Å². The zero-order valence-corrected chi connectivity index (χ0v) is 18.2. The first-order valence-corrected chi connectivity index (χ1v) is 10.7. The molecule has 1 aromatic heterocycles. The van der Waals surface area contributed by atoms with Crippen LogP contribution in [0.4, 0.5) is 0 Å². The molecular formula is C22H30BrNO2. The smallest absolute Gasteiger partial charge is 0.355 e. The second kappa shape index (κ2) is 9.40. The van der Waals surface area contributed by atoms with Crippen LogP contribution in [0.3, 0.4) is 0 Å². The van der Waals surface area contributed by atoms with Crippen LogP contribution in [-0.2, 0) is 11.2 Å². The number of hydrogen-bond donors (Lipinski definition) is 1. The Morgan fingerprint density at radius 1 is 1.23 bits per heavy atom. The van der Waals surface area contributed by atoms with Crippen molar-refractivity contribution in [2.24, 2.45) is 0 Å². The third-order valence-electron chi connectivity index (χ3n) is 5.10. The Kier molecular flexibility index (Phi) is 7.51. The van der Waals surface area contributed by atoms with E-state index in [1.54, 1.807) is 0 Å². The van der Waals surface area contributed by atoms with Crippen LogP contribution < -0.4 is 0 Å². The van der Waals surface area contributed by atoms with Gasteiger partial charge in [-0.3, -0.25) is 0 Å². The van der Waals surface area contributed by atoms with Gasteiger partial charge in [-0.1, -0.05) is 49.2 Å². The fourth-order valence-corrected chi connectivity index (χ4v) is 4.04. The molecule has 1 aliphatic carbocycles. The first-order chi connectivity index (χ1) is 12.5. The summed E-state index contributed by atoms with van der Waals surface area (Å²) >= 11 is 3.59. The van der Waals surface area contributed by atoms with Crippen LogP contribution in [0.15, 0.2) is 28.4 Å². The Morgan fingerprint density at radius 2 is 1.96 bits per heavy atom. The third-order valence-corrected chi connectivity index (χ3v) is 5.71. The normalized spacial score (nSPS) is 15.8. The summed E-state index contributed by atoms with van der Waals surface area (Å²) < 4.78 is 5.40. The molecule has 26 heavy (non-hydrogen) atoms. The van der Waals surface area contributed by atoms with E-state index in [1.807, 2.05) is 6.92 Å². The summed E-state index contributed by atoms with van der Waals surface area (Å²) in [6.07, 6.45) is 8.24. The number of carbonyl (C=O) groups excluding carboxylic acids is 1. The highest BCUT2D eigenvalue weighted by Crippen LogP contribution is 2.35. The summed E-state index contributed by atoms with van der Waals surface area (Å²) in [5.41, 5.74) is 9.09. The Labute approximate surface area is 165 Å². The molecule has 142 valence electrons. The van der Waals surface area contributed by atoms with Crippen molar-refractivity contribution in [3.8, 4) is 0 Å². The van der Waals surface area contributed by atoms with E-state index in [0.717, 1.165) is 42.3 Å². The van der Waals surface area contributed by atoms with Crippen molar-refractivity contribution in [3.63, 3.8) is 0 Å². The lowest BCUT2D eigenvalue weighted by Crippen LogP contribution is -2.08. The number of rotatable bonds is 8. The number of alkyl halides is 1. The highest BCUT2D eigenvalue weighted by molar-refractivity contribution is 9.09. The maximum absolute atomic E-state index is 12.4. The molecule has 1 heterocycles. The molecular weight excluding hydrogens is 390 g/mol. The van der Waals surface area contributed by atoms with Crippen molar-refractivity contribution >= 4 is 28.0 Å². The minimum Gasteiger partial charge on any atom is -0.461 e. The molecule has 3 nitrogen and oxygen atoms in total. The van der Waals surface area contributed by atoms with Gasteiger partial charge in [0.05, 0.1) is 6.61 Å². The van der Waals surface area contributed by atoms with Crippen LogP contribution in [0.1, 0.15) is 74.3 Å². The largest absolute Gasteiger partial charge is 0.461 e. The van der Waals surface area contributed by atoms with Gasteiger partial charge in [-0.25, -0.2) is 4.79 Å². The second-order valence-electron chi connectivity index (χ2n) is 6.72. The van der Waals surface area contributed by atoms with Crippen LogP contribution in [0.25, 0.3) is 6.08 Å². The molecule has 4 heteroatoms. The summed E-state index contributed by atoms with van der Waals surface area (Å²) in [4.78, 5) is 15.7. The van der Waals surface area contributed by atoms with Crippen molar-refractivity contribution in [2.45, 2.75) is 60.3 Å². The molecule has 1 aliphatic rings. The molecule has 0 amide bonds. The van der Waals surface area contributed by atoms with Crippen LogP contribution in [0.2, 0.25) is 0 Å². The maximum Gasteiger partial charge on any atom is 0.355 e. The van der Waals surface area contributed by atoms with E-state index in [2.05, 4.69) is 60.8 Å². The molecule has 0 saturated heterocycles. The zero-order chi connectivity index (χ0) is 19.3. The first-order valence-electron chi connectivity index (χ1n) is 9.55. The molecule has 1 aromatic rings. The number of unbranched alkanes of at least 4 members (excludes halogenated alkanes) is 1. The molecule has 0 spiro atoms. The number of esters is 1. The second-order valence-corrected chi connectivity index (χ2v) is 7.28. The third kappa shape index (κ3) is 4.22. The van der Waals surface area contributed by atoms with Crippen molar-refractivity contribution in [1.82, 2.24) is 4.98 Å². The molecule has 0 aromatic carbocycles. The highest BCUT2D eigenvalue weighted by Gasteiger charge is 2.21. The van der Waals surface area contributed by atoms with Gasteiger partial charge in [0.1, 0.15) is 5.69 Å². The van der Waals surface area contributed by atoms with Crippen LogP contribution in [0.5, 0.6) is 0 Å². The van der Waals surface area contributed by atoms with Crippen molar-refractivity contribution in [3.05, 3.63) is 50.9 Å². The molecule has 1 N–H and O–H groups in total. The number of H-pyrrole nitrogens is 1. The number of aromatic nitrogens is 1. The van der Waals surface area contributed by atoms with Crippen LogP contribution in [0, 0.1) is 6.92 Å². The number of carbonyl (C=O) groups is 1. The SMILES string of the molecule is CCCCOC(=O)c1[nH]c(C=C2C=C(CBr)C(CC)=C2C)c(CC)c1C. The van der Waals surface area contributed by atoms with E-state index in [9.17, 15) is 4.79 Å². The van der Waals surface area contributed by atoms with Gasteiger partial charge in [0.25, 0.3) is 0 Å². The van der Waals surface area contributed by atoms with Gasteiger partial charge in [0.15, 0.2) is 0 Å². The van der Waals surface area contributed by atoms with E-state index in [4.69, 9.17) is 4.74 Å². The van der Waals surface area contributed by atoms with Crippen molar-refractivity contribution in [2.75, 3.05) is 11.9 Å². The summed E-state index contributed by atoms with van der Waals surface area (Å²) in [5, 5.41) is 0.865. The van der Waals surface area contributed by atoms with Crippen LogP contribution in [-0.4, -0.2) is 22.9 Å². The van der Waals surface area contributed by atoms with E-state index in [-0.39, 0.29) is 5.97 Å². The molecule has 0 aliphatic heterocycles. The lowest BCUT2D eigenvalue weighted by atomic mass is 10.0. The minimum absolute atomic E-state index is 0.250. The number of allylic oxidation sites excluding steroid dienone is 5. The maximum atomic E-state index is 12.4. The Morgan fingerprint density at radius 3 is 2.50 bits per heavy atom. The number of aromatic amines is 1. The predicted molar refractivity (Wildman–Crippen MR) is 113 cm³/mol. The Balaban J connectivity index is 2.39. The zero-order valence-electron chi connectivity index (χ0n) is 16.6. The number of ether oxygens (including phenoxy) is 1. The molecule has 0 bridgehead atoms. The molecule has 2 rings (SSSR count). The topological polar surface area (TPSA) is 42.1 Å². The Bertz CT molecular complexity index is 765. The quantitative estimate of drug-likeness (QED) is 0.305. The van der Waals surface area contributed by atoms with Gasteiger partial charge in [-0.2, -0.15) is 0 Å². The first kappa shape index (κ1) is 20.8. The summed E-state index contributed by atoms with van der Waals surface area (Å²) in [5.74, 6) is -0.250. The highest BCUT2D eigenvalue weighted by atomic mass is 79.9. The molecule has 0 radical (unpaired) electrons. The minimum atomic E-state index is -0.250.